The van der Waals surface area contributed by atoms with Crippen molar-refractivity contribution in [2.75, 3.05) is 13.1 Å². The number of hydrogen-bond acceptors (Lipinski definition) is 5. The number of tetrazole rings is 1. The van der Waals surface area contributed by atoms with Crippen LogP contribution in [0.5, 0.6) is 0 Å². The van der Waals surface area contributed by atoms with Crippen molar-refractivity contribution < 1.29 is 4.79 Å². The first-order chi connectivity index (χ1) is 12.0. The highest BCUT2D eigenvalue weighted by molar-refractivity contribution is 8.00. The summed E-state index contributed by atoms with van der Waals surface area (Å²) in [6.45, 7) is 7.84. The molecule has 0 spiro atoms. The maximum Gasteiger partial charge on any atom is 0.240 e. The predicted octanol–water partition coefficient (Wildman–Crippen LogP) is 3.27. The van der Waals surface area contributed by atoms with E-state index in [4.69, 9.17) is 0 Å². The quantitative estimate of drug-likeness (QED) is 0.784. The van der Waals surface area contributed by atoms with Crippen LogP contribution in [0.4, 0.5) is 0 Å². The molecule has 3 rings (SSSR count). The summed E-state index contributed by atoms with van der Waals surface area (Å²) in [5.41, 5.74) is 0.757. The van der Waals surface area contributed by atoms with Crippen molar-refractivity contribution in [3.63, 3.8) is 0 Å². The molecule has 1 aromatic heterocycles. The Labute approximate surface area is 153 Å². The van der Waals surface area contributed by atoms with Gasteiger partial charge in [-0.1, -0.05) is 42.1 Å². The first-order valence-electron chi connectivity index (χ1n) is 8.76. The standard InChI is InChI=1S/C18H25N5OS/c1-18(2,3)23-17(19-20-21-23)25-15(14-10-6-4-7-11-14)16(24)22-12-8-5-9-13-22/h4,6-7,10-11,15H,5,8-9,12-13H2,1-3H3. The van der Waals surface area contributed by atoms with Gasteiger partial charge in [-0.15, -0.1) is 5.10 Å². The molecule has 1 amide bonds. The van der Waals surface area contributed by atoms with E-state index < -0.39 is 0 Å². The Morgan fingerprint density at radius 3 is 2.44 bits per heavy atom. The number of aromatic nitrogens is 4. The molecular weight excluding hydrogens is 334 g/mol. The highest BCUT2D eigenvalue weighted by atomic mass is 32.2. The molecule has 1 aliphatic rings. The maximum absolute atomic E-state index is 13.2. The number of hydrogen-bond donors (Lipinski definition) is 0. The van der Waals surface area contributed by atoms with Crippen molar-refractivity contribution >= 4 is 17.7 Å². The lowest BCUT2D eigenvalue weighted by atomic mass is 10.1. The SMILES string of the molecule is CC(C)(C)n1nnnc1SC(C(=O)N1CCCCC1)c1ccccc1. The smallest absolute Gasteiger partial charge is 0.240 e. The maximum atomic E-state index is 13.2. The lowest BCUT2D eigenvalue weighted by Gasteiger charge is -2.30. The zero-order valence-corrected chi connectivity index (χ0v) is 15.9. The molecule has 2 heterocycles. The van der Waals surface area contributed by atoms with E-state index in [1.807, 2.05) is 35.2 Å². The summed E-state index contributed by atoms with van der Waals surface area (Å²) in [4.78, 5) is 15.2. The molecule has 7 heteroatoms. The van der Waals surface area contributed by atoms with Crippen molar-refractivity contribution in [2.24, 2.45) is 0 Å². The van der Waals surface area contributed by atoms with Crippen molar-refractivity contribution in [1.29, 1.82) is 0 Å². The van der Waals surface area contributed by atoms with Crippen LogP contribution in [0.1, 0.15) is 50.8 Å². The van der Waals surface area contributed by atoms with Crippen molar-refractivity contribution in [2.45, 2.75) is 56.0 Å². The van der Waals surface area contributed by atoms with Gasteiger partial charge < -0.3 is 4.90 Å². The van der Waals surface area contributed by atoms with Crippen LogP contribution in [-0.4, -0.2) is 44.1 Å². The Hall–Kier alpha value is -1.89. The van der Waals surface area contributed by atoms with E-state index in [0.717, 1.165) is 31.5 Å². The molecule has 134 valence electrons. The second-order valence-corrected chi connectivity index (χ2v) is 8.41. The van der Waals surface area contributed by atoms with E-state index in [0.29, 0.717) is 5.16 Å². The fraction of sp³-hybridized carbons (Fsp3) is 0.556. The van der Waals surface area contributed by atoms with E-state index in [1.165, 1.54) is 18.2 Å². The summed E-state index contributed by atoms with van der Waals surface area (Å²) in [5.74, 6) is 0.152. The van der Waals surface area contributed by atoms with Gasteiger partial charge in [-0.3, -0.25) is 4.79 Å². The Bertz CT molecular complexity index is 704. The molecule has 0 radical (unpaired) electrons. The number of thioether (sulfide) groups is 1. The van der Waals surface area contributed by atoms with Gasteiger partial charge in [0.15, 0.2) is 0 Å². The summed E-state index contributed by atoms with van der Waals surface area (Å²) >= 11 is 1.44. The van der Waals surface area contributed by atoms with Crippen LogP contribution in [0.3, 0.4) is 0 Å². The molecule has 0 bridgehead atoms. The second-order valence-electron chi connectivity index (χ2n) is 7.34. The fourth-order valence-electron chi connectivity index (χ4n) is 2.95. The summed E-state index contributed by atoms with van der Waals surface area (Å²) in [5, 5.41) is 12.5. The molecule has 1 unspecified atom stereocenters. The molecule has 0 saturated carbocycles. The zero-order valence-electron chi connectivity index (χ0n) is 15.1. The van der Waals surface area contributed by atoms with Gasteiger partial charge in [-0.2, -0.15) is 0 Å². The number of nitrogens with zero attached hydrogens (tertiary/aromatic N) is 5. The van der Waals surface area contributed by atoms with Crippen molar-refractivity contribution in [3.8, 4) is 0 Å². The first-order valence-corrected chi connectivity index (χ1v) is 9.64. The molecule has 0 N–H and O–H groups in total. The molecule has 1 aromatic carbocycles. The predicted molar refractivity (Wildman–Crippen MR) is 98.3 cm³/mol. The molecule has 25 heavy (non-hydrogen) atoms. The molecule has 1 saturated heterocycles. The van der Waals surface area contributed by atoms with Crippen LogP contribution in [0.15, 0.2) is 35.5 Å². The highest BCUT2D eigenvalue weighted by Crippen LogP contribution is 2.37. The zero-order chi connectivity index (χ0) is 17.9. The largest absolute Gasteiger partial charge is 0.341 e. The summed E-state index contributed by atoms with van der Waals surface area (Å²) in [6.07, 6.45) is 3.37. The highest BCUT2D eigenvalue weighted by Gasteiger charge is 2.31. The topological polar surface area (TPSA) is 63.9 Å². The number of rotatable bonds is 4. The van der Waals surface area contributed by atoms with Gasteiger partial charge >= 0.3 is 0 Å². The Kier molecular flexibility index (Phi) is 5.42. The molecule has 1 atom stereocenters. The monoisotopic (exact) mass is 359 g/mol. The lowest BCUT2D eigenvalue weighted by molar-refractivity contribution is -0.131. The molecular formula is C18H25N5OS. The Morgan fingerprint density at radius 1 is 1.12 bits per heavy atom. The van der Waals surface area contributed by atoms with Gasteiger partial charge in [0.2, 0.25) is 11.1 Å². The third kappa shape index (κ3) is 4.21. The van der Waals surface area contributed by atoms with E-state index in [9.17, 15) is 4.79 Å². The van der Waals surface area contributed by atoms with Crippen LogP contribution in [0, 0.1) is 0 Å². The van der Waals surface area contributed by atoms with Crippen LogP contribution >= 0.6 is 11.8 Å². The minimum atomic E-state index is -0.327. The Morgan fingerprint density at radius 2 is 1.80 bits per heavy atom. The minimum absolute atomic E-state index is 0.152. The van der Waals surface area contributed by atoms with Gasteiger partial charge in [0.05, 0.1) is 5.54 Å². The van der Waals surface area contributed by atoms with Crippen LogP contribution in [0.2, 0.25) is 0 Å². The molecule has 6 nitrogen and oxygen atoms in total. The molecule has 2 aromatic rings. The van der Waals surface area contributed by atoms with Gasteiger partial charge in [0, 0.05) is 13.1 Å². The molecule has 1 fully saturated rings. The Balaban J connectivity index is 1.90. The van der Waals surface area contributed by atoms with Gasteiger partial charge in [0.1, 0.15) is 5.25 Å². The van der Waals surface area contributed by atoms with E-state index >= 15 is 0 Å². The number of benzene rings is 1. The van der Waals surface area contributed by atoms with Crippen LogP contribution in [0.25, 0.3) is 0 Å². The van der Waals surface area contributed by atoms with Crippen LogP contribution in [-0.2, 0) is 10.3 Å². The third-order valence-corrected chi connectivity index (χ3v) is 5.47. The molecule has 0 aliphatic carbocycles. The van der Waals surface area contributed by atoms with Gasteiger partial charge in [-0.25, -0.2) is 4.68 Å². The fourth-order valence-corrected chi connectivity index (χ4v) is 4.20. The van der Waals surface area contributed by atoms with E-state index in [-0.39, 0.29) is 16.7 Å². The summed E-state index contributed by atoms with van der Waals surface area (Å²) < 4.78 is 1.79. The molecule has 1 aliphatic heterocycles. The number of piperidine rings is 1. The number of likely N-dealkylation sites (tertiary alicyclic amines) is 1. The number of carbonyl (C=O) groups is 1. The normalized spacial score (nSPS) is 16.7. The first kappa shape index (κ1) is 17.9. The van der Waals surface area contributed by atoms with E-state index in [2.05, 4.69) is 36.3 Å². The summed E-state index contributed by atoms with van der Waals surface area (Å²) in [6, 6.07) is 9.92. The van der Waals surface area contributed by atoms with Crippen molar-refractivity contribution in [1.82, 2.24) is 25.1 Å². The average Bonchev–Trinajstić information content (AvgIpc) is 3.09. The van der Waals surface area contributed by atoms with Gasteiger partial charge in [0.25, 0.3) is 0 Å². The lowest BCUT2D eigenvalue weighted by Crippen LogP contribution is -2.38. The average molecular weight is 359 g/mol. The van der Waals surface area contributed by atoms with Crippen molar-refractivity contribution in [3.05, 3.63) is 35.9 Å². The number of carbonyl (C=O) groups excluding carboxylic acids is 1. The summed E-state index contributed by atoms with van der Waals surface area (Å²) in [7, 11) is 0. The van der Waals surface area contributed by atoms with Gasteiger partial charge in [-0.05, 0) is 56.0 Å². The minimum Gasteiger partial charge on any atom is -0.341 e. The third-order valence-electron chi connectivity index (χ3n) is 4.29. The van der Waals surface area contributed by atoms with E-state index in [1.54, 1.807) is 4.68 Å². The second kappa shape index (κ2) is 7.56. The van der Waals surface area contributed by atoms with Crippen LogP contribution < -0.4 is 0 Å². The number of amides is 1.